The molecule has 0 atom stereocenters. The number of hydrogen-bond acceptors (Lipinski definition) is 6. The molecule has 0 saturated carbocycles. The van der Waals surface area contributed by atoms with E-state index in [2.05, 4.69) is 9.88 Å². The number of rotatable bonds is 8. The van der Waals surface area contributed by atoms with Crippen molar-refractivity contribution >= 4 is 35.1 Å². The lowest BCUT2D eigenvalue weighted by molar-refractivity contribution is 0.103. The second-order valence-electron chi connectivity index (χ2n) is 9.76. The molecule has 0 radical (unpaired) electrons. The number of pyridine rings is 2. The number of hydrogen-bond donors (Lipinski definition) is 0. The summed E-state index contributed by atoms with van der Waals surface area (Å²) < 4.78 is 11.6. The molecule has 206 valence electrons. The maximum absolute atomic E-state index is 12.7. The normalized spacial score (nSPS) is 13.1. The van der Waals surface area contributed by atoms with E-state index in [4.69, 9.17) is 37.7 Å². The molecule has 3 heterocycles. The highest BCUT2D eigenvalue weighted by Crippen LogP contribution is 2.30. The summed E-state index contributed by atoms with van der Waals surface area (Å²) >= 11 is 12.5. The zero-order valence-electron chi connectivity index (χ0n) is 22.2. The Balaban J connectivity index is 1.35. The van der Waals surface area contributed by atoms with E-state index in [9.17, 15) is 4.79 Å². The summed E-state index contributed by atoms with van der Waals surface area (Å²) in [6, 6.07) is 22.4. The molecular formula is C31H30Cl2N4O3. The first-order valence-electron chi connectivity index (χ1n) is 13.2. The van der Waals surface area contributed by atoms with E-state index in [-0.39, 0.29) is 13.2 Å². The standard InChI is InChI=1S/C31H30Cl2N4O3/c1-36(31(38)39-21-22-8-4-2-5-9-22)20-23-14-28(24-16-25(32)18-26(33)17-24)35-30(15-23)40-27-10-11-29(34-19-27)37-12-6-3-7-13-37/h2,4-5,8-11,14-19H,3,6-7,12-13,20-21H2,1H3. The van der Waals surface area contributed by atoms with Gasteiger partial charge in [0.2, 0.25) is 5.88 Å². The van der Waals surface area contributed by atoms with Crippen molar-refractivity contribution in [1.29, 1.82) is 0 Å². The van der Waals surface area contributed by atoms with Gasteiger partial charge in [-0.15, -0.1) is 0 Å². The van der Waals surface area contributed by atoms with Crippen LogP contribution in [0.15, 0.2) is 79.0 Å². The molecule has 5 rings (SSSR count). The van der Waals surface area contributed by atoms with Crippen molar-refractivity contribution in [1.82, 2.24) is 14.9 Å². The number of carbonyl (C=O) groups is 1. The Morgan fingerprint density at radius 3 is 2.38 bits per heavy atom. The van der Waals surface area contributed by atoms with E-state index >= 15 is 0 Å². The van der Waals surface area contributed by atoms with Gasteiger partial charge in [0.1, 0.15) is 18.2 Å². The molecule has 2 aromatic carbocycles. The molecule has 1 amide bonds. The van der Waals surface area contributed by atoms with E-state index in [0.717, 1.165) is 35.6 Å². The van der Waals surface area contributed by atoms with Gasteiger partial charge < -0.3 is 19.3 Å². The second-order valence-corrected chi connectivity index (χ2v) is 10.6. The monoisotopic (exact) mass is 576 g/mol. The SMILES string of the molecule is CN(Cc1cc(Oc2ccc(N3CCCCC3)nc2)nc(-c2cc(Cl)cc(Cl)c2)c1)C(=O)OCc1ccccc1. The lowest BCUT2D eigenvalue weighted by Crippen LogP contribution is -2.29. The Kier molecular flexibility index (Phi) is 9.04. The maximum atomic E-state index is 12.7. The zero-order valence-corrected chi connectivity index (χ0v) is 23.7. The van der Waals surface area contributed by atoms with Crippen molar-refractivity contribution in [3.8, 4) is 22.9 Å². The van der Waals surface area contributed by atoms with Gasteiger partial charge in [0.15, 0.2) is 0 Å². The van der Waals surface area contributed by atoms with Crippen molar-refractivity contribution in [2.45, 2.75) is 32.4 Å². The molecule has 2 aromatic heterocycles. The number of benzene rings is 2. The van der Waals surface area contributed by atoms with Crippen LogP contribution in [0.5, 0.6) is 11.6 Å². The Bertz CT molecular complexity index is 1420. The van der Waals surface area contributed by atoms with Crippen molar-refractivity contribution in [3.05, 3.63) is 100 Å². The number of nitrogens with zero attached hydrogens (tertiary/aromatic N) is 4. The van der Waals surface area contributed by atoms with Crippen LogP contribution >= 0.6 is 23.2 Å². The molecular weight excluding hydrogens is 547 g/mol. The number of anilines is 1. The Labute approximate surface area is 244 Å². The first-order valence-corrected chi connectivity index (χ1v) is 14.0. The average Bonchev–Trinajstić information content (AvgIpc) is 2.96. The number of halogens is 2. The van der Waals surface area contributed by atoms with Gasteiger partial charge >= 0.3 is 6.09 Å². The highest BCUT2D eigenvalue weighted by atomic mass is 35.5. The fourth-order valence-electron chi connectivity index (χ4n) is 4.58. The van der Waals surface area contributed by atoms with Crippen LogP contribution in [0.2, 0.25) is 10.0 Å². The van der Waals surface area contributed by atoms with Gasteiger partial charge in [-0.1, -0.05) is 53.5 Å². The first-order chi connectivity index (χ1) is 19.4. The van der Waals surface area contributed by atoms with Gasteiger partial charge in [-0.25, -0.2) is 14.8 Å². The third kappa shape index (κ3) is 7.43. The lowest BCUT2D eigenvalue weighted by atomic mass is 10.1. The summed E-state index contributed by atoms with van der Waals surface area (Å²) in [7, 11) is 1.69. The summed E-state index contributed by atoms with van der Waals surface area (Å²) in [6.45, 7) is 2.51. The summed E-state index contributed by atoms with van der Waals surface area (Å²) in [5.74, 6) is 1.87. The first kappa shape index (κ1) is 27.7. The molecule has 1 saturated heterocycles. The van der Waals surface area contributed by atoms with Crippen LogP contribution in [0.25, 0.3) is 11.3 Å². The van der Waals surface area contributed by atoms with Gasteiger partial charge in [-0.2, -0.15) is 0 Å². The molecule has 1 aliphatic heterocycles. The van der Waals surface area contributed by atoms with Crippen LogP contribution in [0.4, 0.5) is 10.6 Å². The third-order valence-corrected chi connectivity index (χ3v) is 7.02. The van der Waals surface area contributed by atoms with Crippen LogP contribution in [0.1, 0.15) is 30.4 Å². The van der Waals surface area contributed by atoms with Crippen molar-refractivity contribution in [2.75, 3.05) is 25.0 Å². The highest BCUT2D eigenvalue weighted by molar-refractivity contribution is 6.35. The molecule has 7 nitrogen and oxygen atoms in total. The molecule has 1 aliphatic rings. The topological polar surface area (TPSA) is 67.8 Å². The van der Waals surface area contributed by atoms with Crippen LogP contribution in [0, 0.1) is 0 Å². The second kappa shape index (κ2) is 13.0. The summed E-state index contributed by atoms with van der Waals surface area (Å²) in [5.41, 5.74) is 3.06. The van der Waals surface area contributed by atoms with Gasteiger partial charge in [0.25, 0.3) is 0 Å². The predicted molar refractivity (Wildman–Crippen MR) is 158 cm³/mol. The Morgan fingerprint density at radius 1 is 0.925 bits per heavy atom. The number of carbonyl (C=O) groups excluding carboxylic acids is 1. The van der Waals surface area contributed by atoms with E-state index < -0.39 is 6.09 Å². The van der Waals surface area contributed by atoms with E-state index in [1.54, 1.807) is 37.5 Å². The van der Waals surface area contributed by atoms with Crippen LogP contribution in [-0.2, 0) is 17.9 Å². The molecule has 4 aromatic rings. The summed E-state index contributed by atoms with van der Waals surface area (Å²) in [4.78, 5) is 25.8. The number of piperidine rings is 1. The van der Waals surface area contributed by atoms with Gasteiger partial charge in [0, 0.05) is 48.4 Å². The molecule has 0 N–H and O–H groups in total. The predicted octanol–water partition coefficient (Wildman–Crippen LogP) is 8.00. The molecule has 1 fully saturated rings. The molecule has 0 spiro atoms. The molecule has 0 unspecified atom stereocenters. The fourth-order valence-corrected chi connectivity index (χ4v) is 5.11. The molecule has 0 bridgehead atoms. The van der Waals surface area contributed by atoms with E-state index in [1.165, 1.54) is 24.2 Å². The average molecular weight is 578 g/mol. The lowest BCUT2D eigenvalue weighted by Gasteiger charge is -2.27. The van der Waals surface area contributed by atoms with Crippen LogP contribution < -0.4 is 9.64 Å². The Morgan fingerprint density at radius 2 is 1.68 bits per heavy atom. The number of aromatic nitrogens is 2. The van der Waals surface area contributed by atoms with Crippen molar-refractivity contribution < 1.29 is 14.3 Å². The van der Waals surface area contributed by atoms with E-state index in [1.807, 2.05) is 48.5 Å². The van der Waals surface area contributed by atoms with E-state index in [0.29, 0.717) is 27.4 Å². The number of amides is 1. The minimum atomic E-state index is -0.437. The van der Waals surface area contributed by atoms with Crippen molar-refractivity contribution in [2.24, 2.45) is 0 Å². The smallest absolute Gasteiger partial charge is 0.410 e. The minimum Gasteiger partial charge on any atom is -0.445 e. The van der Waals surface area contributed by atoms with Gasteiger partial charge in [-0.3, -0.25) is 0 Å². The molecule has 9 heteroatoms. The van der Waals surface area contributed by atoms with Gasteiger partial charge in [0.05, 0.1) is 11.9 Å². The molecule has 0 aliphatic carbocycles. The van der Waals surface area contributed by atoms with Gasteiger partial charge in [-0.05, 0) is 66.8 Å². The van der Waals surface area contributed by atoms with Crippen LogP contribution in [-0.4, -0.2) is 41.1 Å². The van der Waals surface area contributed by atoms with Crippen LogP contribution in [0.3, 0.4) is 0 Å². The minimum absolute atomic E-state index is 0.196. The van der Waals surface area contributed by atoms with Crippen molar-refractivity contribution in [3.63, 3.8) is 0 Å². The summed E-state index contributed by atoms with van der Waals surface area (Å²) in [6.07, 6.45) is 4.90. The largest absolute Gasteiger partial charge is 0.445 e. The zero-order chi connectivity index (χ0) is 27.9. The highest BCUT2D eigenvalue weighted by Gasteiger charge is 2.16. The quantitative estimate of drug-likeness (QED) is 0.211. The fraction of sp³-hybridized carbons (Fsp3) is 0.258. The number of ether oxygens (including phenoxy) is 2. The molecule has 40 heavy (non-hydrogen) atoms. The maximum Gasteiger partial charge on any atom is 0.410 e. The Hall–Kier alpha value is -3.81. The third-order valence-electron chi connectivity index (χ3n) is 6.58. The summed E-state index contributed by atoms with van der Waals surface area (Å²) in [5, 5.41) is 0.993.